The number of pyridine rings is 6. The summed E-state index contributed by atoms with van der Waals surface area (Å²) in [4.78, 5) is 50.8. The van der Waals surface area contributed by atoms with Gasteiger partial charge in [0.15, 0.2) is 0 Å². The topological polar surface area (TPSA) is 320 Å². The van der Waals surface area contributed by atoms with Crippen molar-refractivity contribution in [3.8, 4) is 137 Å². The van der Waals surface area contributed by atoms with E-state index in [-0.39, 0.29) is 0 Å². The molecule has 12 heterocycles. The normalized spacial score (nSPS) is 12.7. The van der Waals surface area contributed by atoms with Crippen molar-refractivity contribution in [2.45, 2.75) is 91.9 Å². The highest BCUT2D eigenvalue weighted by Gasteiger charge is 2.27. The Morgan fingerprint density at radius 3 is 1.15 bits per heavy atom. The first kappa shape index (κ1) is 85.4. The van der Waals surface area contributed by atoms with E-state index in [9.17, 15) is 0 Å². The zero-order chi connectivity index (χ0) is 87.4. The molecule has 25 nitrogen and oxygen atoms in total. The lowest BCUT2D eigenvalue weighted by molar-refractivity contribution is 0.267. The maximum atomic E-state index is 5.83. The number of aryl methyl sites for hydroxylation is 1. The molecule has 0 spiro atoms. The number of hydrogen-bond acceptors (Lipinski definition) is 25. The quantitative estimate of drug-likeness (QED) is 0.0684. The number of ether oxygens (including phenoxy) is 1. The summed E-state index contributed by atoms with van der Waals surface area (Å²) in [7, 11) is 0. The second-order valence-electron chi connectivity index (χ2n) is 31.1. The third-order valence-corrected chi connectivity index (χ3v) is 21.1. The minimum atomic E-state index is 0.445. The molecule has 634 valence electrons. The zero-order valence-electron chi connectivity index (χ0n) is 71.1. The molecule has 0 amide bonds. The van der Waals surface area contributed by atoms with Gasteiger partial charge in [0.2, 0.25) is 40.8 Å². The van der Waals surface area contributed by atoms with Gasteiger partial charge in [0.25, 0.3) is 29.5 Å². The molecule has 0 bridgehead atoms. The summed E-state index contributed by atoms with van der Waals surface area (Å²) in [5.74, 6) is 11.1. The molecule has 128 heavy (non-hydrogen) atoms. The van der Waals surface area contributed by atoms with Crippen LogP contribution in [-0.2, 0) is 12.8 Å². The van der Waals surface area contributed by atoms with E-state index in [4.69, 9.17) is 31.9 Å². The van der Waals surface area contributed by atoms with Crippen LogP contribution in [0, 0.1) is 17.8 Å². The van der Waals surface area contributed by atoms with Crippen molar-refractivity contribution in [2.75, 3.05) is 0 Å². The molecular formula is C103H90N18O7. The third-order valence-electron chi connectivity index (χ3n) is 21.1. The Balaban J connectivity index is 0.000000113. The summed E-state index contributed by atoms with van der Waals surface area (Å²) >= 11 is 0. The van der Waals surface area contributed by atoms with E-state index in [1.54, 1.807) is 74.4 Å². The summed E-state index contributed by atoms with van der Waals surface area (Å²) in [5, 5.41) is 28.9. The van der Waals surface area contributed by atoms with Crippen molar-refractivity contribution < 1.29 is 31.9 Å². The lowest BCUT2D eigenvalue weighted by Gasteiger charge is -2.25. The van der Waals surface area contributed by atoms with Gasteiger partial charge >= 0.3 is 0 Å². The smallest absolute Gasteiger partial charge is 0.258 e. The summed E-state index contributed by atoms with van der Waals surface area (Å²) in [6, 6.07) is 84.6. The lowest BCUT2D eigenvalue weighted by Crippen LogP contribution is -2.12. The second-order valence-corrected chi connectivity index (χ2v) is 31.1. The Kier molecular flexibility index (Phi) is 28.5. The molecule has 21 rings (SSSR count). The number of benzene rings is 8. The van der Waals surface area contributed by atoms with E-state index in [2.05, 4.69) is 192 Å². The number of aromatic nitrogens is 18. The number of para-hydroxylation sites is 1. The average molecular weight is 1690 g/mol. The van der Waals surface area contributed by atoms with Gasteiger partial charge in [-0.25, -0.2) is 0 Å². The average Bonchev–Trinajstić information content (AvgIpc) is 1.51. The van der Waals surface area contributed by atoms with Crippen molar-refractivity contribution in [1.82, 2.24) is 90.7 Å². The van der Waals surface area contributed by atoms with Gasteiger partial charge in [-0.1, -0.05) is 187 Å². The fourth-order valence-corrected chi connectivity index (χ4v) is 14.3. The molecule has 0 N–H and O–H groups in total. The first-order valence-corrected chi connectivity index (χ1v) is 42.4. The highest BCUT2D eigenvalue weighted by Crippen LogP contribution is 2.38. The minimum Gasteiger partial charge on any atom is -0.457 e. The van der Waals surface area contributed by atoms with Gasteiger partial charge in [0.1, 0.15) is 11.5 Å². The van der Waals surface area contributed by atoms with Gasteiger partial charge < -0.3 is 31.9 Å². The summed E-state index contributed by atoms with van der Waals surface area (Å²) in [6.45, 7) is 11.2. The Morgan fingerprint density at radius 1 is 0.297 bits per heavy atom. The van der Waals surface area contributed by atoms with Crippen molar-refractivity contribution >= 4 is 21.5 Å². The number of fused-ring (bicyclic) bond motifs is 2. The lowest BCUT2D eigenvalue weighted by atomic mass is 9.81. The van der Waals surface area contributed by atoms with Crippen LogP contribution in [-0.4, -0.2) is 90.7 Å². The molecule has 0 aliphatic heterocycles. The SMILES string of the molecule is CC(C)CCc1cccc(-c2nc(-c3ccncc3)no2)c1.CC(C)Cc1cccc(-c2nc(-c3ccncc3)no2)c1.CCC1CCC(c2nc(-c3ccncc3)no2)CC1.c1ccc(Oc2cccc(-c3nc(-c4ccncc4)no3)c2)cc1.c1ccc2c(-c3nc(-c4ccncc4)no3)cccc2c1.c1ccc2cc(-c3nc(-c4ccncc4)no3)ccc2c1. The number of nitrogens with zero attached hydrogens (tertiary/aromatic N) is 18. The molecule has 12 aromatic heterocycles. The van der Waals surface area contributed by atoms with Crippen LogP contribution >= 0.6 is 0 Å². The van der Waals surface area contributed by atoms with Crippen LogP contribution in [0.25, 0.3) is 147 Å². The Bertz CT molecular complexity index is 6800. The maximum Gasteiger partial charge on any atom is 0.258 e. The van der Waals surface area contributed by atoms with Gasteiger partial charge in [-0.05, 0) is 241 Å². The van der Waals surface area contributed by atoms with Gasteiger partial charge in [0.05, 0.1) is 0 Å². The molecule has 0 radical (unpaired) electrons. The summed E-state index contributed by atoms with van der Waals surface area (Å²) in [6.07, 6.45) is 30.1. The second kappa shape index (κ2) is 42.7. The first-order valence-electron chi connectivity index (χ1n) is 42.4. The molecule has 0 unspecified atom stereocenters. The monoisotopic (exact) mass is 1690 g/mol. The predicted molar refractivity (Wildman–Crippen MR) is 491 cm³/mol. The van der Waals surface area contributed by atoms with E-state index >= 15 is 0 Å². The van der Waals surface area contributed by atoms with E-state index in [1.165, 1.54) is 55.0 Å². The van der Waals surface area contributed by atoms with E-state index in [0.29, 0.717) is 87.9 Å². The van der Waals surface area contributed by atoms with Crippen LogP contribution in [0.4, 0.5) is 0 Å². The highest BCUT2D eigenvalue weighted by molar-refractivity contribution is 5.95. The van der Waals surface area contributed by atoms with Crippen LogP contribution < -0.4 is 4.74 Å². The molecule has 20 aromatic rings. The van der Waals surface area contributed by atoms with Gasteiger partial charge in [-0.3, -0.25) is 29.9 Å². The fraction of sp³-hybridized carbons (Fsp3) is 0.165. The summed E-state index contributed by atoms with van der Waals surface area (Å²) in [5.41, 5.74) is 12.6. The molecular weight excluding hydrogens is 1600 g/mol. The van der Waals surface area contributed by atoms with Crippen LogP contribution in [0.5, 0.6) is 11.5 Å². The Morgan fingerprint density at radius 2 is 0.672 bits per heavy atom. The van der Waals surface area contributed by atoms with Gasteiger partial charge in [-0.15, -0.1) is 0 Å². The molecule has 0 atom stereocenters. The van der Waals surface area contributed by atoms with Crippen molar-refractivity contribution in [1.29, 1.82) is 0 Å². The predicted octanol–water partition coefficient (Wildman–Crippen LogP) is 24.7. The number of hydrogen-bond donors (Lipinski definition) is 0. The molecule has 25 heteroatoms. The largest absolute Gasteiger partial charge is 0.457 e. The van der Waals surface area contributed by atoms with Crippen LogP contribution in [0.1, 0.15) is 96.1 Å². The molecule has 1 saturated carbocycles. The standard InChI is InChI=1S/C19H13N3O2.C18H19N3O.2C17H11N3O.C17H17N3O.C15H19N3O/c1-2-6-16(7-3-1)23-17-8-4-5-15(13-17)19-21-18(22-24-19)14-9-11-20-12-10-14;1-13(2)6-7-14-4-3-5-16(12-14)18-20-17(21-22-18)15-8-10-19-11-9-15;1-2-6-14-12(4-1)5-3-7-15(14)17-19-16(20-21-17)13-8-10-18-11-9-13;1-2-4-14-11-15(6-5-12(14)3-1)17-19-16(20-21-17)13-7-9-18-10-8-13;1-12(2)10-13-4-3-5-15(11-13)17-19-16(20-21-17)14-6-8-18-9-7-14;1-2-11-3-5-13(6-4-11)15-17-14(18-19-15)12-7-9-16-10-8-12/h1-13H;3-5,8-13H,6-7H2,1-2H3;2*1-11H;3-9,11-12H,10H2,1-2H3;7-11,13H,2-6H2,1H3. The molecule has 1 aliphatic rings. The minimum absolute atomic E-state index is 0.445. The number of rotatable bonds is 20. The van der Waals surface area contributed by atoms with E-state index < -0.39 is 0 Å². The van der Waals surface area contributed by atoms with Crippen molar-refractivity contribution in [3.63, 3.8) is 0 Å². The van der Waals surface area contributed by atoms with Crippen LogP contribution in [0.2, 0.25) is 0 Å². The Hall–Kier alpha value is -16.2. The third kappa shape index (κ3) is 23.0. The van der Waals surface area contributed by atoms with Gasteiger partial charge in [-0.2, -0.15) is 29.9 Å². The maximum absolute atomic E-state index is 5.83. The molecule has 1 aliphatic carbocycles. The highest BCUT2D eigenvalue weighted by atomic mass is 16.5. The first-order chi connectivity index (χ1) is 63.0. The molecule has 1 fully saturated rings. The zero-order valence-corrected chi connectivity index (χ0v) is 71.1. The van der Waals surface area contributed by atoms with Crippen LogP contribution in [0.3, 0.4) is 0 Å². The van der Waals surface area contributed by atoms with E-state index in [1.807, 2.05) is 194 Å². The summed E-state index contributed by atoms with van der Waals surface area (Å²) < 4.78 is 38.2. The molecule has 0 saturated heterocycles. The van der Waals surface area contributed by atoms with Crippen molar-refractivity contribution in [2.24, 2.45) is 17.8 Å². The Labute approximate surface area is 739 Å². The van der Waals surface area contributed by atoms with Crippen molar-refractivity contribution in [3.05, 3.63) is 352 Å². The van der Waals surface area contributed by atoms with Gasteiger partial charge in [0, 0.05) is 141 Å². The fourth-order valence-electron chi connectivity index (χ4n) is 14.3. The van der Waals surface area contributed by atoms with E-state index in [0.717, 1.165) is 108 Å². The molecule has 8 aromatic carbocycles. The van der Waals surface area contributed by atoms with Crippen LogP contribution in [0.15, 0.2) is 362 Å².